The predicted molar refractivity (Wildman–Crippen MR) is 133 cm³/mol. The number of carbonyl (C=O) groups is 2. The van der Waals surface area contributed by atoms with Crippen LogP contribution in [0.5, 0.6) is 5.75 Å². The second-order valence-corrected chi connectivity index (χ2v) is 7.94. The van der Waals surface area contributed by atoms with Crippen molar-refractivity contribution < 1.29 is 14.3 Å². The van der Waals surface area contributed by atoms with Crippen molar-refractivity contribution in [1.82, 2.24) is 10.6 Å². The molecule has 0 fully saturated rings. The average Bonchev–Trinajstić information content (AvgIpc) is 2.80. The van der Waals surface area contributed by atoms with E-state index in [-0.39, 0.29) is 16.9 Å². The Hall–Kier alpha value is -2.93. The fraction of sp³-hybridized carbons (Fsp3) is 0.400. The van der Waals surface area contributed by atoms with Gasteiger partial charge in [0.05, 0.1) is 6.61 Å². The van der Waals surface area contributed by atoms with Crippen molar-refractivity contribution in [2.45, 2.75) is 52.4 Å². The van der Waals surface area contributed by atoms with Crippen LogP contribution in [0.1, 0.15) is 73.1 Å². The maximum Gasteiger partial charge on any atom is 0.257 e. The van der Waals surface area contributed by atoms with Gasteiger partial charge in [0, 0.05) is 23.4 Å². The summed E-state index contributed by atoms with van der Waals surface area (Å²) in [7, 11) is 0. The molecule has 0 unspecified atom stereocenters. The van der Waals surface area contributed by atoms with E-state index in [2.05, 4.69) is 22.9 Å². The Balaban J connectivity index is 1.77. The van der Waals surface area contributed by atoms with Gasteiger partial charge in [-0.2, -0.15) is 0 Å². The van der Waals surface area contributed by atoms with Gasteiger partial charge in [-0.1, -0.05) is 39.5 Å². The summed E-state index contributed by atoms with van der Waals surface area (Å²) in [6.45, 7) is 5.52. The van der Waals surface area contributed by atoms with Crippen LogP contribution < -0.4 is 20.7 Å². The molecule has 32 heavy (non-hydrogen) atoms. The van der Waals surface area contributed by atoms with E-state index in [4.69, 9.17) is 17.0 Å². The third-order valence-corrected chi connectivity index (χ3v) is 5.00. The number of amides is 2. The Bertz CT molecular complexity index is 867. The molecule has 0 aliphatic carbocycles. The molecule has 2 aromatic rings. The third-order valence-electron chi connectivity index (χ3n) is 4.80. The molecule has 0 saturated carbocycles. The highest BCUT2D eigenvalue weighted by Crippen LogP contribution is 2.14. The Labute approximate surface area is 196 Å². The van der Waals surface area contributed by atoms with Crippen molar-refractivity contribution in [3.63, 3.8) is 0 Å². The molecule has 0 saturated heterocycles. The molecular formula is C25H33N3O3S. The minimum atomic E-state index is -0.302. The Morgan fingerprint density at radius 3 is 2.09 bits per heavy atom. The number of hydrogen-bond acceptors (Lipinski definition) is 4. The number of unbranched alkanes of at least 4 members (excludes halogenated alkanes) is 4. The van der Waals surface area contributed by atoms with Crippen LogP contribution >= 0.6 is 12.2 Å². The van der Waals surface area contributed by atoms with Gasteiger partial charge in [0.1, 0.15) is 5.75 Å². The van der Waals surface area contributed by atoms with Gasteiger partial charge < -0.3 is 15.4 Å². The second-order valence-electron chi connectivity index (χ2n) is 7.53. The molecule has 6 nitrogen and oxygen atoms in total. The quantitative estimate of drug-likeness (QED) is 0.299. The van der Waals surface area contributed by atoms with Crippen LogP contribution in [-0.4, -0.2) is 30.1 Å². The molecule has 0 atom stereocenters. The first kappa shape index (κ1) is 25.3. The zero-order valence-corrected chi connectivity index (χ0v) is 19.7. The normalized spacial score (nSPS) is 10.3. The average molecular weight is 456 g/mol. The van der Waals surface area contributed by atoms with Crippen molar-refractivity contribution >= 4 is 34.8 Å². The number of rotatable bonds is 12. The summed E-state index contributed by atoms with van der Waals surface area (Å²) in [6, 6.07) is 13.9. The van der Waals surface area contributed by atoms with Crippen LogP contribution in [0.3, 0.4) is 0 Å². The minimum Gasteiger partial charge on any atom is -0.494 e. The number of ether oxygens (including phenoxy) is 1. The van der Waals surface area contributed by atoms with Gasteiger partial charge in [-0.25, -0.2) is 0 Å². The lowest BCUT2D eigenvalue weighted by Crippen LogP contribution is -2.34. The SMILES string of the molecule is CCCCCCCOc1ccc(C(=O)NC(=S)Nc2ccc(C(=O)NCCC)cc2)cc1. The standard InChI is InChI=1S/C25H33N3O3S/c1-3-5-6-7-8-18-31-22-15-11-20(12-16-22)24(30)28-25(32)27-21-13-9-19(10-14-21)23(29)26-17-4-2/h9-16H,3-8,17-18H2,1-2H3,(H,26,29)(H2,27,28,30,32). The highest BCUT2D eigenvalue weighted by Gasteiger charge is 2.09. The number of carbonyl (C=O) groups excluding carboxylic acids is 2. The van der Waals surface area contributed by atoms with E-state index < -0.39 is 0 Å². The van der Waals surface area contributed by atoms with Gasteiger partial charge in [-0.15, -0.1) is 0 Å². The van der Waals surface area contributed by atoms with Gasteiger partial charge in [0.2, 0.25) is 0 Å². The van der Waals surface area contributed by atoms with E-state index in [9.17, 15) is 9.59 Å². The first-order valence-electron chi connectivity index (χ1n) is 11.3. The zero-order valence-electron chi connectivity index (χ0n) is 18.9. The second kappa shape index (κ2) is 14.2. The van der Waals surface area contributed by atoms with Crippen molar-refractivity contribution in [2.75, 3.05) is 18.5 Å². The molecule has 0 radical (unpaired) electrons. The van der Waals surface area contributed by atoms with E-state index in [1.807, 2.05) is 6.92 Å². The van der Waals surface area contributed by atoms with E-state index >= 15 is 0 Å². The Morgan fingerprint density at radius 2 is 1.44 bits per heavy atom. The molecule has 172 valence electrons. The molecule has 2 aromatic carbocycles. The third kappa shape index (κ3) is 9.06. The maximum atomic E-state index is 12.4. The van der Waals surface area contributed by atoms with Gasteiger partial charge in [0.15, 0.2) is 5.11 Å². The highest BCUT2D eigenvalue weighted by atomic mass is 32.1. The van der Waals surface area contributed by atoms with Crippen LogP contribution in [0.15, 0.2) is 48.5 Å². The maximum absolute atomic E-state index is 12.4. The molecule has 0 aromatic heterocycles. The molecule has 7 heteroatoms. The first-order chi connectivity index (χ1) is 15.5. The molecule has 0 bridgehead atoms. The number of nitrogens with one attached hydrogen (secondary N) is 3. The zero-order chi connectivity index (χ0) is 23.2. The fourth-order valence-electron chi connectivity index (χ4n) is 2.98. The van der Waals surface area contributed by atoms with Gasteiger partial charge in [0.25, 0.3) is 11.8 Å². The van der Waals surface area contributed by atoms with Gasteiger partial charge >= 0.3 is 0 Å². The number of thiocarbonyl (C=S) groups is 1. The summed E-state index contributed by atoms with van der Waals surface area (Å²) in [5.74, 6) is 0.336. The van der Waals surface area contributed by atoms with E-state index in [0.717, 1.165) is 18.6 Å². The van der Waals surface area contributed by atoms with Crippen LogP contribution in [0.4, 0.5) is 5.69 Å². The molecule has 2 rings (SSSR count). The van der Waals surface area contributed by atoms with Crippen molar-refractivity contribution in [2.24, 2.45) is 0 Å². The summed E-state index contributed by atoms with van der Waals surface area (Å²) >= 11 is 5.23. The van der Waals surface area contributed by atoms with E-state index in [0.29, 0.717) is 30.0 Å². The number of hydrogen-bond donors (Lipinski definition) is 3. The highest BCUT2D eigenvalue weighted by molar-refractivity contribution is 7.80. The smallest absolute Gasteiger partial charge is 0.257 e. The lowest BCUT2D eigenvalue weighted by atomic mass is 10.2. The monoisotopic (exact) mass is 455 g/mol. The van der Waals surface area contributed by atoms with Crippen LogP contribution in [0, 0.1) is 0 Å². The van der Waals surface area contributed by atoms with Crippen LogP contribution in [-0.2, 0) is 0 Å². The summed E-state index contributed by atoms with van der Waals surface area (Å²) in [5, 5.41) is 8.63. The van der Waals surface area contributed by atoms with E-state index in [1.165, 1.54) is 25.7 Å². The van der Waals surface area contributed by atoms with Crippen LogP contribution in [0.25, 0.3) is 0 Å². The lowest BCUT2D eigenvalue weighted by Gasteiger charge is -2.11. The van der Waals surface area contributed by atoms with Gasteiger partial charge in [-0.05, 0) is 73.6 Å². The molecule has 3 N–H and O–H groups in total. The van der Waals surface area contributed by atoms with Crippen molar-refractivity contribution in [3.8, 4) is 5.75 Å². The van der Waals surface area contributed by atoms with Crippen LogP contribution in [0.2, 0.25) is 0 Å². The minimum absolute atomic E-state index is 0.113. The lowest BCUT2D eigenvalue weighted by molar-refractivity contribution is 0.0951. The summed E-state index contributed by atoms with van der Waals surface area (Å²) in [4.78, 5) is 24.4. The molecule has 2 amide bonds. The summed E-state index contributed by atoms with van der Waals surface area (Å²) in [6.07, 6.45) is 6.83. The first-order valence-corrected chi connectivity index (χ1v) is 11.7. The van der Waals surface area contributed by atoms with Gasteiger partial charge in [-0.3, -0.25) is 14.9 Å². The topological polar surface area (TPSA) is 79.5 Å². The van der Waals surface area contributed by atoms with Crippen molar-refractivity contribution in [1.29, 1.82) is 0 Å². The largest absolute Gasteiger partial charge is 0.494 e. The van der Waals surface area contributed by atoms with E-state index in [1.54, 1.807) is 48.5 Å². The summed E-state index contributed by atoms with van der Waals surface area (Å²) < 4.78 is 5.73. The molecule has 0 spiro atoms. The number of anilines is 1. The molecular weight excluding hydrogens is 422 g/mol. The predicted octanol–water partition coefficient (Wildman–Crippen LogP) is 5.30. The number of benzene rings is 2. The molecule has 0 heterocycles. The fourth-order valence-corrected chi connectivity index (χ4v) is 3.19. The Morgan fingerprint density at radius 1 is 0.812 bits per heavy atom. The molecule has 0 aliphatic heterocycles. The summed E-state index contributed by atoms with van der Waals surface area (Å²) in [5.41, 5.74) is 1.75. The Kier molecular flexibility index (Phi) is 11.2. The van der Waals surface area contributed by atoms with Crippen molar-refractivity contribution in [3.05, 3.63) is 59.7 Å². The molecule has 0 aliphatic rings.